The van der Waals surface area contributed by atoms with Crippen LogP contribution in [0.15, 0.2) is 28.7 Å². The van der Waals surface area contributed by atoms with E-state index in [4.69, 9.17) is 0 Å². The number of carbonyl (C=O) groups is 2. The van der Waals surface area contributed by atoms with Gasteiger partial charge in [-0.15, -0.1) is 0 Å². The summed E-state index contributed by atoms with van der Waals surface area (Å²) in [6.45, 7) is 3.72. The van der Waals surface area contributed by atoms with E-state index in [2.05, 4.69) is 26.8 Å². The molecule has 17 heavy (non-hydrogen) atoms. The van der Waals surface area contributed by atoms with Crippen molar-refractivity contribution in [1.82, 2.24) is 10.9 Å². The molecule has 0 saturated heterocycles. The van der Waals surface area contributed by atoms with Crippen molar-refractivity contribution in [2.45, 2.75) is 20.3 Å². The maximum atomic E-state index is 11.7. The normalized spacial score (nSPS) is 11.7. The average Bonchev–Trinajstić information content (AvgIpc) is 2.35. The molecule has 4 nitrogen and oxygen atoms in total. The molecule has 0 aliphatic carbocycles. The summed E-state index contributed by atoms with van der Waals surface area (Å²) in [6.07, 6.45) is 0.733. The lowest BCUT2D eigenvalue weighted by Crippen LogP contribution is -2.44. The van der Waals surface area contributed by atoms with E-state index < -0.39 is 0 Å². The Morgan fingerprint density at radius 1 is 1.29 bits per heavy atom. The lowest BCUT2D eigenvalue weighted by molar-refractivity contribution is -0.125. The molecule has 0 radical (unpaired) electrons. The lowest BCUT2D eigenvalue weighted by atomic mass is 10.1. The van der Waals surface area contributed by atoms with Crippen LogP contribution in [0.1, 0.15) is 30.6 Å². The van der Waals surface area contributed by atoms with E-state index in [9.17, 15) is 9.59 Å². The highest BCUT2D eigenvalue weighted by Gasteiger charge is 2.13. The topological polar surface area (TPSA) is 58.2 Å². The molecular weight excluding hydrogens is 284 g/mol. The minimum atomic E-state index is -0.339. The van der Waals surface area contributed by atoms with Crippen molar-refractivity contribution in [1.29, 1.82) is 0 Å². The molecule has 1 unspecified atom stereocenters. The maximum Gasteiger partial charge on any atom is 0.270 e. The van der Waals surface area contributed by atoms with Gasteiger partial charge in [-0.2, -0.15) is 0 Å². The number of hydrogen-bond acceptors (Lipinski definition) is 2. The van der Waals surface area contributed by atoms with Gasteiger partial charge >= 0.3 is 0 Å². The van der Waals surface area contributed by atoms with Crippen molar-refractivity contribution in [3.63, 3.8) is 0 Å². The second kappa shape index (κ2) is 6.39. The first-order valence-corrected chi connectivity index (χ1v) is 6.20. The van der Waals surface area contributed by atoms with Crippen LogP contribution in [0.5, 0.6) is 0 Å². The van der Waals surface area contributed by atoms with Crippen LogP contribution in [0.4, 0.5) is 0 Å². The largest absolute Gasteiger partial charge is 0.273 e. The predicted molar refractivity (Wildman–Crippen MR) is 69.2 cm³/mol. The van der Waals surface area contributed by atoms with Crippen molar-refractivity contribution in [3.8, 4) is 0 Å². The van der Waals surface area contributed by atoms with Gasteiger partial charge in [0.05, 0.1) is 5.56 Å². The van der Waals surface area contributed by atoms with Gasteiger partial charge in [0, 0.05) is 10.4 Å². The van der Waals surface area contributed by atoms with Crippen molar-refractivity contribution in [2.75, 3.05) is 0 Å². The summed E-state index contributed by atoms with van der Waals surface area (Å²) in [5.74, 6) is -0.642. The first kappa shape index (κ1) is 13.7. The van der Waals surface area contributed by atoms with E-state index in [1.807, 2.05) is 13.0 Å². The Kier molecular flexibility index (Phi) is 5.15. The first-order valence-electron chi connectivity index (χ1n) is 5.41. The molecule has 0 aliphatic rings. The number of rotatable bonds is 3. The molecule has 5 heteroatoms. The van der Waals surface area contributed by atoms with E-state index >= 15 is 0 Å². The van der Waals surface area contributed by atoms with E-state index in [1.54, 1.807) is 25.1 Å². The van der Waals surface area contributed by atoms with E-state index in [0.29, 0.717) is 10.0 Å². The Bertz CT molecular complexity index is 421. The Labute approximate surface area is 109 Å². The third-order valence-electron chi connectivity index (χ3n) is 2.48. The zero-order chi connectivity index (χ0) is 12.8. The Hall–Kier alpha value is -1.36. The lowest BCUT2D eigenvalue weighted by Gasteiger charge is -2.11. The van der Waals surface area contributed by atoms with Gasteiger partial charge in [0.1, 0.15) is 0 Å². The number of hydrogen-bond donors (Lipinski definition) is 2. The van der Waals surface area contributed by atoms with Gasteiger partial charge in [0.2, 0.25) is 5.91 Å². The predicted octanol–water partition coefficient (Wildman–Crippen LogP) is 2.26. The zero-order valence-electron chi connectivity index (χ0n) is 9.79. The molecule has 0 aromatic heterocycles. The molecule has 0 saturated carbocycles. The molecule has 1 rings (SSSR count). The average molecular weight is 299 g/mol. The van der Waals surface area contributed by atoms with Gasteiger partial charge in [0.25, 0.3) is 5.91 Å². The van der Waals surface area contributed by atoms with E-state index in [1.165, 1.54) is 0 Å². The summed E-state index contributed by atoms with van der Waals surface area (Å²) in [5.41, 5.74) is 5.27. The summed E-state index contributed by atoms with van der Waals surface area (Å²) < 4.78 is 0.690. The van der Waals surface area contributed by atoms with Crippen LogP contribution in [0.3, 0.4) is 0 Å². The summed E-state index contributed by atoms with van der Waals surface area (Å²) in [6, 6.07) is 7.02. The third-order valence-corrected chi connectivity index (χ3v) is 3.17. The molecule has 1 atom stereocenters. The second-order valence-electron chi connectivity index (χ2n) is 3.73. The summed E-state index contributed by atoms with van der Waals surface area (Å²) >= 11 is 3.27. The number of amides is 2. The molecule has 1 aromatic rings. The van der Waals surface area contributed by atoms with Crippen LogP contribution >= 0.6 is 15.9 Å². The van der Waals surface area contributed by atoms with Crippen molar-refractivity contribution < 1.29 is 9.59 Å². The second-order valence-corrected chi connectivity index (χ2v) is 4.59. The number of halogens is 1. The molecule has 0 heterocycles. The number of hydrazine groups is 1. The Morgan fingerprint density at radius 3 is 2.53 bits per heavy atom. The molecule has 92 valence electrons. The smallest absolute Gasteiger partial charge is 0.270 e. The zero-order valence-corrected chi connectivity index (χ0v) is 11.4. The summed E-state index contributed by atoms with van der Waals surface area (Å²) in [7, 11) is 0. The fraction of sp³-hybridized carbons (Fsp3) is 0.333. The van der Waals surface area contributed by atoms with Crippen LogP contribution in [-0.4, -0.2) is 11.8 Å². The van der Waals surface area contributed by atoms with Crippen LogP contribution in [0, 0.1) is 5.92 Å². The van der Waals surface area contributed by atoms with Gasteiger partial charge in [0.15, 0.2) is 0 Å². The Balaban J connectivity index is 2.57. The third kappa shape index (κ3) is 3.85. The summed E-state index contributed by atoms with van der Waals surface area (Å²) in [5, 5.41) is 0. The minimum absolute atomic E-state index is 0.116. The quantitative estimate of drug-likeness (QED) is 0.841. The minimum Gasteiger partial charge on any atom is -0.273 e. The highest BCUT2D eigenvalue weighted by molar-refractivity contribution is 9.10. The number of nitrogens with one attached hydrogen (secondary N) is 2. The molecule has 2 amide bonds. The monoisotopic (exact) mass is 298 g/mol. The maximum absolute atomic E-state index is 11.7. The molecule has 0 spiro atoms. The summed E-state index contributed by atoms with van der Waals surface area (Å²) in [4.78, 5) is 23.2. The molecule has 0 bridgehead atoms. The van der Waals surface area contributed by atoms with E-state index in [-0.39, 0.29) is 17.7 Å². The van der Waals surface area contributed by atoms with Crippen LogP contribution in [0.25, 0.3) is 0 Å². The fourth-order valence-electron chi connectivity index (χ4n) is 1.14. The van der Waals surface area contributed by atoms with Crippen LogP contribution < -0.4 is 10.9 Å². The van der Waals surface area contributed by atoms with Gasteiger partial charge in [-0.3, -0.25) is 20.4 Å². The fourth-order valence-corrected chi connectivity index (χ4v) is 1.60. The highest BCUT2D eigenvalue weighted by atomic mass is 79.9. The van der Waals surface area contributed by atoms with Crippen LogP contribution in [0.2, 0.25) is 0 Å². The molecule has 0 aliphatic heterocycles. The molecule has 0 fully saturated rings. The SMILES string of the molecule is CCC(C)C(=O)NNC(=O)c1ccccc1Br. The molecular formula is C12H15BrN2O2. The molecule has 2 N–H and O–H groups in total. The van der Waals surface area contributed by atoms with Gasteiger partial charge < -0.3 is 0 Å². The van der Waals surface area contributed by atoms with Gasteiger partial charge in [-0.25, -0.2) is 0 Å². The van der Waals surface area contributed by atoms with Gasteiger partial charge in [-0.1, -0.05) is 26.0 Å². The van der Waals surface area contributed by atoms with Crippen molar-refractivity contribution in [2.24, 2.45) is 5.92 Å². The van der Waals surface area contributed by atoms with Crippen LogP contribution in [-0.2, 0) is 4.79 Å². The molecule has 1 aromatic carbocycles. The highest BCUT2D eigenvalue weighted by Crippen LogP contribution is 2.15. The van der Waals surface area contributed by atoms with Crippen molar-refractivity contribution >= 4 is 27.7 Å². The van der Waals surface area contributed by atoms with Crippen molar-refractivity contribution in [3.05, 3.63) is 34.3 Å². The Morgan fingerprint density at radius 2 is 1.94 bits per heavy atom. The standard InChI is InChI=1S/C12H15BrN2O2/c1-3-8(2)11(16)14-15-12(17)9-6-4-5-7-10(9)13/h4-8H,3H2,1-2H3,(H,14,16)(H,15,17). The van der Waals surface area contributed by atoms with E-state index in [0.717, 1.165) is 6.42 Å². The first-order chi connectivity index (χ1) is 8.06. The van der Waals surface area contributed by atoms with Gasteiger partial charge in [-0.05, 0) is 34.5 Å². The number of benzene rings is 1. The number of carbonyl (C=O) groups excluding carboxylic acids is 2.